The number of para-hydroxylation sites is 1. The van der Waals surface area contributed by atoms with Gasteiger partial charge < -0.3 is 19.6 Å². The van der Waals surface area contributed by atoms with Crippen LogP contribution >= 0.6 is 22.6 Å². The van der Waals surface area contributed by atoms with Crippen molar-refractivity contribution in [3.8, 4) is 5.75 Å². The third kappa shape index (κ3) is 4.96. The number of hydrogen-bond donors (Lipinski definition) is 2. The molecule has 0 radical (unpaired) electrons. The molecular formula is C20H24IN3O2. The Bertz CT molecular complexity index is 863. The third-order valence-electron chi connectivity index (χ3n) is 4.20. The number of imidazole rings is 1. The Morgan fingerprint density at radius 3 is 2.81 bits per heavy atom. The van der Waals surface area contributed by atoms with Gasteiger partial charge in [-0.3, -0.25) is 0 Å². The fraction of sp³-hybridized carbons (Fsp3) is 0.350. The number of benzene rings is 1. The molecule has 0 amide bonds. The SMILES string of the molecule is CC(C)(Cc1ncc2ccccn12)NC[C@H](O)COc1ccccc1I. The van der Waals surface area contributed by atoms with Gasteiger partial charge in [0.15, 0.2) is 0 Å². The molecule has 1 aromatic carbocycles. The van der Waals surface area contributed by atoms with Gasteiger partial charge in [0.05, 0.1) is 15.3 Å². The number of rotatable bonds is 8. The third-order valence-corrected chi connectivity index (χ3v) is 5.09. The number of pyridine rings is 1. The number of nitrogens with zero attached hydrogens (tertiary/aromatic N) is 2. The summed E-state index contributed by atoms with van der Waals surface area (Å²) >= 11 is 2.23. The van der Waals surface area contributed by atoms with E-state index in [-0.39, 0.29) is 12.1 Å². The predicted octanol–water partition coefficient (Wildman–Crippen LogP) is 3.29. The van der Waals surface area contributed by atoms with Crippen molar-refractivity contribution in [2.75, 3.05) is 13.2 Å². The van der Waals surface area contributed by atoms with Crippen LogP contribution in [-0.2, 0) is 6.42 Å². The van der Waals surface area contributed by atoms with Crippen LogP contribution in [0.3, 0.4) is 0 Å². The molecule has 0 aliphatic carbocycles. The molecule has 0 aliphatic rings. The minimum atomic E-state index is -0.581. The first-order chi connectivity index (χ1) is 12.4. The van der Waals surface area contributed by atoms with E-state index in [1.807, 2.05) is 54.9 Å². The molecule has 0 unspecified atom stereocenters. The molecule has 0 saturated carbocycles. The van der Waals surface area contributed by atoms with Crippen molar-refractivity contribution in [3.63, 3.8) is 0 Å². The van der Waals surface area contributed by atoms with Crippen molar-refractivity contribution in [3.05, 3.63) is 64.3 Å². The number of aliphatic hydroxyl groups excluding tert-OH is 1. The summed E-state index contributed by atoms with van der Waals surface area (Å²) in [5.74, 6) is 1.80. The maximum atomic E-state index is 10.3. The van der Waals surface area contributed by atoms with E-state index in [4.69, 9.17) is 4.74 Å². The molecule has 6 heteroatoms. The standard InChI is InChI=1S/C20H24IN3O2/c1-20(2,11-19-22-12-15-7-5-6-10-24(15)19)23-13-16(25)14-26-18-9-4-3-8-17(18)21/h3-10,12,16,23,25H,11,13-14H2,1-2H3/t16-/m0/s1. The smallest absolute Gasteiger partial charge is 0.132 e. The Labute approximate surface area is 167 Å². The van der Waals surface area contributed by atoms with Crippen LogP contribution in [0.15, 0.2) is 54.9 Å². The zero-order chi connectivity index (χ0) is 18.6. The molecule has 2 aromatic heterocycles. The minimum Gasteiger partial charge on any atom is -0.490 e. The average molecular weight is 465 g/mol. The zero-order valence-electron chi connectivity index (χ0n) is 15.0. The quantitative estimate of drug-likeness (QED) is 0.502. The van der Waals surface area contributed by atoms with E-state index >= 15 is 0 Å². The summed E-state index contributed by atoms with van der Waals surface area (Å²) in [7, 11) is 0. The number of aliphatic hydroxyl groups is 1. The van der Waals surface area contributed by atoms with Crippen molar-refractivity contribution in [2.24, 2.45) is 0 Å². The lowest BCUT2D eigenvalue weighted by Gasteiger charge is -2.27. The second kappa shape index (κ2) is 8.37. The van der Waals surface area contributed by atoms with Crippen LogP contribution < -0.4 is 10.1 Å². The van der Waals surface area contributed by atoms with Crippen LogP contribution in [0.2, 0.25) is 0 Å². The molecule has 1 atom stereocenters. The summed E-state index contributed by atoms with van der Waals surface area (Å²) in [5.41, 5.74) is 0.892. The van der Waals surface area contributed by atoms with E-state index in [9.17, 15) is 5.11 Å². The summed E-state index contributed by atoms with van der Waals surface area (Å²) in [4.78, 5) is 4.53. The molecule has 0 aliphatic heterocycles. The van der Waals surface area contributed by atoms with Crippen molar-refractivity contribution in [1.29, 1.82) is 0 Å². The van der Waals surface area contributed by atoms with Gasteiger partial charge >= 0.3 is 0 Å². The first kappa shape index (κ1) is 19.1. The molecule has 2 N–H and O–H groups in total. The van der Waals surface area contributed by atoms with Crippen LogP contribution in [0.5, 0.6) is 5.75 Å². The summed E-state index contributed by atoms with van der Waals surface area (Å²) in [6, 6.07) is 13.9. The Morgan fingerprint density at radius 1 is 1.23 bits per heavy atom. The number of hydrogen-bond acceptors (Lipinski definition) is 4. The maximum absolute atomic E-state index is 10.3. The Kier molecular flexibility index (Phi) is 6.16. The minimum absolute atomic E-state index is 0.195. The van der Waals surface area contributed by atoms with E-state index in [1.54, 1.807) is 0 Å². The number of halogens is 1. The maximum Gasteiger partial charge on any atom is 0.132 e. The molecule has 138 valence electrons. The van der Waals surface area contributed by atoms with Crippen molar-refractivity contribution < 1.29 is 9.84 Å². The van der Waals surface area contributed by atoms with Gasteiger partial charge in [0.2, 0.25) is 0 Å². The summed E-state index contributed by atoms with van der Waals surface area (Å²) in [5, 5.41) is 13.7. The second-order valence-corrected chi connectivity index (χ2v) is 8.17. The first-order valence-electron chi connectivity index (χ1n) is 8.66. The lowest BCUT2D eigenvalue weighted by Crippen LogP contribution is -2.46. The number of aromatic nitrogens is 2. The number of ether oxygens (including phenoxy) is 1. The van der Waals surface area contributed by atoms with Gasteiger partial charge in [0, 0.05) is 24.7 Å². The van der Waals surface area contributed by atoms with E-state index in [0.717, 1.165) is 27.1 Å². The van der Waals surface area contributed by atoms with Crippen LogP contribution in [-0.4, -0.2) is 39.3 Å². The molecule has 3 rings (SSSR count). The van der Waals surface area contributed by atoms with Gasteiger partial charge in [-0.05, 0) is 60.7 Å². The fourth-order valence-corrected chi connectivity index (χ4v) is 3.33. The molecule has 3 aromatic rings. The van der Waals surface area contributed by atoms with Crippen molar-refractivity contribution in [2.45, 2.75) is 31.9 Å². The highest BCUT2D eigenvalue weighted by atomic mass is 127. The van der Waals surface area contributed by atoms with Crippen LogP contribution in [0, 0.1) is 3.57 Å². The Hall–Kier alpha value is -1.64. The summed E-state index contributed by atoms with van der Waals surface area (Å²) in [6.07, 6.45) is 4.09. The van der Waals surface area contributed by atoms with Crippen LogP contribution in [0.4, 0.5) is 0 Å². The summed E-state index contributed by atoms with van der Waals surface area (Å²) < 4.78 is 8.85. The van der Waals surface area contributed by atoms with Gasteiger partial charge in [0.1, 0.15) is 24.3 Å². The predicted molar refractivity (Wildman–Crippen MR) is 112 cm³/mol. The molecule has 0 saturated heterocycles. The highest BCUT2D eigenvalue weighted by Crippen LogP contribution is 2.20. The van der Waals surface area contributed by atoms with E-state index in [2.05, 4.69) is 51.1 Å². The fourth-order valence-electron chi connectivity index (χ4n) is 2.79. The number of β-amino-alcohol motifs (C(OH)–C–C–N with tert-alkyl or cyclic N) is 1. The topological polar surface area (TPSA) is 58.8 Å². The lowest BCUT2D eigenvalue weighted by atomic mass is 10.00. The van der Waals surface area contributed by atoms with Gasteiger partial charge in [-0.2, -0.15) is 0 Å². The monoisotopic (exact) mass is 465 g/mol. The van der Waals surface area contributed by atoms with Crippen molar-refractivity contribution >= 4 is 28.1 Å². The second-order valence-electron chi connectivity index (χ2n) is 7.01. The highest BCUT2D eigenvalue weighted by Gasteiger charge is 2.22. The Balaban J connectivity index is 1.52. The molecule has 2 heterocycles. The zero-order valence-corrected chi connectivity index (χ0v) is 17.2. The molecule has 0 spiro atoms. The first-order valence-corrected chi connectivity index (χ1v) is 9.74. The highest BCUT2D eigenvalue weighted by molar-refractivity contribution is 14.1. The lowest BCUT2D eigenvalue weighted by molar-refractivity contribution is 0.0982. The number of fused-ring (bicyclic) bond motifs is 1. The number of nitrogens with one attached hydrogen (secondary N) is 1. The molecule has 0 bridgehead atoms. The normalized spacial score (nSPS) is 13.1. The molecular weight excluding hydrogens is 441 g/mol. The van der Waals surface area contributed by atoms with Gasteiger partial charge in [-0.25, -0.2) is 4.98 Å². The van der Waals surface area contributed by atoms with Crippen LogP contribution in [0.25, 0.3) is 5.52 Å². The molecule has 26 heavy (non-hydrogen) atoms. The molecule has 0 fully saturated rings. The Morgan fingerprint density at radius 2 is 2.00 bits per heavy atom. The summed E-state index contributed by atoms with van der Waals surface area (Å²) in [6.45, 7) is 4.95. The average Bonchev–Trinajstić information content (AvgIpc) is 3.02. The van der Waals surface area contributed by atoms with E-state index in [0.29, 0.717) is 6.54 Å². The van der Waals surface area contributed by atoms with Gasteiger partial charge in [-0.15, -0.1) is 0 Å². The van der Waals surface area contributed by atoms with E-state index < -0.39 is 6.10 Å². The van der Waals surface area contributed by atoms with Crippen molar-refractivity contribution in [1.82, 2.24) is 14.7 Å². The van der Waals surface area contributed by atoms with E-state index in [1.165, 1.54) is 0 Å². The molecule has 5 nitrogen and oxygen atoms in total. The van der Waals surface area contributed by atoms with Gasteiger partial charge in [-0.1, -0.05) is 18.2 Å². The van der Waals surface area contributed by atoms with Gasteiger partial charge in [0.25, 0.3) is 0 Å². The largest absolute Gasteiger partial charge is 0.490 e. The van der Waals surface area contributed by atoms with Crippen LogP contribution in [0.1, 0.15) is 19.7 Å².